The van der Waals surface area contributed by atoms with Gasteiger partial charge in [0.05, 0.1) is 0 Å². The van der Waals surface area contributed by atoms with Gasteiger partial charge in [-0.25, -0.2) is 0 Å². The normalized spacial score (nSPS) is 9.82. The monoisotopic (exact) mass is 174 g/mol. The first-order valence-electron chi connectivity index (χ1n) is 3.13. The summed E-state index contributed by atoms with van der Waals surface area (Å²) in [6.45, 7) is 3.95. The maximum atomic E-state index is 10.7. The highest BCUT2D eigenvalue weighted by Crippen LogP contribution is 2.13. The van der Waals surface area contributed by atoms with Gasteiger partial charge in [-0.05, 0) is 13.8 Å². The van der Waals surface area contributed by atoms with E-state index >= 15 is 0 Å². The second kappa shape index (κ2) is 4.28. The van der Waals surface area contributed by atoms with Gasteiger partial charge in [0.25, 0.3) is 0 Å². The lowest BCUT2D eigenvalue weighted by Crippen LogP contribution is -2.23. The largest absolute Gasteiger partial charge is 0.298 e. The van der Waals surface area contributed by atoms with Crippen LogP contribution in [0.3, 0.4) is 0 Å². The molecule has 0 spiro atoms. The lowest BCUT2D eigenvalue weighted by atomic mass is 10.2. The van der Waals surface area contributed by atoms with Crippen LogP contribution in [0.25, 0.3) is 0 Å². The standard InChI is InChI=1S/C7H10O3S/c1-4(8)7(5(2)9)11-6(3)10/h7H,1-3H3. The highest BCUT2D eigenvalue weighted by Gasteiger charge is 2.21. The molecule has 0 radical (unpaired) electrons. The van der Waals surface area contributed by atoms with Crippen LogP contribution in [0.4, 0.5) is 0 Å². The van der Waals surface area contributed by atoms with Crippen molar-refractivity contribution in [3.05, 3.63) is 0 Å². The van der Waals surface area contributed by atoms with Crippen LogP contribution < -0.4 is 0 Å². The van der Waals surface area contributed by atoms with Crippen LogP contribution in [-0.4, -0.2) is 21.9 Å². The molecule has 0 unspecified atom stereocenters. The Labute approximate surface area is 69.5 Å². The summed E-state index contributed by atoms with van der Waals surface area (Å²) in [5.74, 6) is -0.532. The number of hydrogen-bond acceptors (Lipinski definition) is 4. The Morgan fingerprint density at radius 2 is 1.36 bits per heavy atom. The summed E-state index contributed by atoms with van der Waals surface area (Å²) < 4.78 is 0. The number of thioether (sulfide) groups is 1. The fraction of sp³-hybridized carbons (Fsp3) is 0.571. The van der Waals surface area contributed by atoms with Gasteiger partial charge >= 0.3 is 0 Å². The van der Waals surface area contributed by atoms with Crippen molar-refractivity contribution in [2.45, 2.75) is 26.0 Å². The van der Waals surface area contributed by atoms with E-state index in [4.69, 9.17) is 0 Å². The van der Waals surface area contributed by atoms with Gasteiger partial charge in [0.1, 0.15) is 5.25 Å². The fourth-order valence-corrected chi connectivity index (χ4v) is 1.28. The van der Waals surface area contributed by atoms with Crippen molar-refractivity contribution >= 4 is 28.4 Å². The van der Waals surface area contributed by atoms with E-state index < -0.39 is 5.25 Å². The molecule has 3 nitrogen and oxygen atoms in total. The zero-order valence-corrected chi connectivity index (χ0v) is 7.53. The van der Waals surface area contributed by atoms with Gasteiger partial charge in [0.2, 0.25) is 0 Å². The second-order valence-electron chi connectivity index (χ2n) is 2.21. The van der Waals surface area contributed by atoms with Crippen molar-refractivity contribution in [1.29, 1.82) is 0 Å². The lowest BCUT2D eigenvalue weighted by Gasteiger charge is -2.05. The van der Waals surface area contributed by atoms with Crippen molar-refractivity contribution in [3.63, 3.8) is 0 Å². The smallest absolute Gasteiger partial charge is 0.186 e. The maximum absolute atomic E-state index is 10.7. The molecule has 0 aromatic heterocycles. The van der Waals surface area contributed by atoms with E-state index in [1.807, 2.05) is 0 Å². The molecule has 0 saturated heterocycles. The van der Waals surface area contributed by atoms with Gasteiger partial charge in [-0.3, -0.25) is 14.4 Å². The van der Waals surface area contributed by atoms with Crippen LogP contribution in [-0.2, 0) is 14.4 Å². The summed E-state index contributed by atoms with van der Waals surface area (Å²) in [4.78, 5) is 32.0. The summed E-state index contributed by atoms with van der Waals surface area (Å²) in [6.07, 6.45) is 0. The molecule has 0 amide bonds. The molecule has 0 atom stereocenters. The van der Waals surface area contributed by atoms with Crippen molar-refractivity contribution < 1.29 is 14.4 Å². The SMILES string of the molecule is CC(=O)SC(C(C)=O)C(C)=O. The van der Waals surface area contributed by atoms with Gasteiger partial charge in [-0.2, -0.15) is 0 Å². The van der Waals surface area contributed by atoms with E-state index in [2.05, 4.69) is 0 Å². The first-order chi connectivity index (χ1) is 4.95. The van der Waals surface area contributed by atoms with Crippen LogP contribution >= 0.6 is 11.8 Å². The van der Waals surface area contributed by atoms with Crippen molar-refractivity contribution in [1.82, 2.24) is 0 Å². The molecule has 0 rings (SSSR count). The van der Waals surface area contributed by atoms with E-state index in [-0.39, 0.29) is 16.7 Å². The molecule has 0 aromatic carbocycles. The minimum atomic E-state index is -0.799. The summed E-state index contributed by atoms with van der Waals surface area (Å²) in [5, 5.41) is -1.01. The van der Waals surface area contributed by atoms with Crippen LogP contribution in [0.2, 0.25) is 0 Å². The molecule has 0 aliphatic rings. The Kier molecular flexibility index (Phi) is 4.03. The molecule has 11 heavy (non-hydrogen) atoms. The van der Waals surface area contributed by atoms with E-state index in [0.29, 0.717) is 0 Å². The fourth-order valence-electron chi connectivity index (χ4n) is 0.618. The van der Waals surface area contributed by atoms with Gasteiger partial charge < -0.3 is 0 Å². The predicted octanol–water partition coefficient (Wildman–Crippen LogP) is 0.813. The Bertz CT molecular complexity index is 184. The molecule has 0 heterocycles. The van der Waals surface area contributed by atoms with Gasteiger partial charge in [-0.1, -0.05) is 11.8 Å². The average molecular weight is 174 g/mol. The Hall–Kier alpha value is -0.640. The molecule has 0 aliphatic carbocycles. The van der Waals surface area contributed by atoms with Gasteiger partial charge in [0.15, 0.2) is 16.7 Å². The van der Waals surface area contributed by atoms with Crippen molar-refractivity contribution in [3.8, 4) is 0 Å². The molecule has 0 aliphatic heterocycles. The molecule has 0 bridgehead atoms. The number of hydrogen-bond donors (Lipinski definition) is 0. The number of carbonyl (C=O) groups excluding carboxylic acids is 3. The van der Waals surface area contributed by atoms with E-state index in [1.165, 1.54) is 20.8 Å². The lowest BCUT2D eigenvalue weighted by molar-refractivity contribution is -0.124. The van der Waals surface area contributed by atoms with E-state index in [9.17, 15) is 14.4 Å². The molecular weight excluding hydrogens is 164 g/mol. The highest BCUT2D eigenvalue weighted by atomic mass is 32.2. The number of carbonyl (C=O) groups is 3. The summed E-state index contributed by atoms with van der Waals surface area (Å²) in [6, 6.07) is 0. The summed E-state index contributed by atoms with van der Waals surface area (Å²) in [7, 11) is 0. The summed E-state index contributed by atoms with van der Waals surface area (Å²) in [5.41, 5.74) is 0. The molecule has 0 N–H and O–H groups in total. The van der Waals surface area contributed by atoms with Crippen LogP contribution in [0, 0.1) is 0 Å². The number of ketones is 2. The van der Waals surface area contributed by atoms with E-state index in [1.54, 1.807) is 0 Å². The van der Waals surface area contributed by atoms with Crippen LogP contribution in [0.1, 0.15) is 20.8 Å². The third kappa shape index (κ3) is 3.93. The zero-order valence-electron chi connectivity index (χ0n) is 6.71. The highest BCUT2D eigenvalue weighted by molar-refractivity contribution is 8.15. The third-order valence-electron chi connectivity index (χ3n) is 1.02. The minimum Gasteiger partial charge on any atom is -0.298 e. The molecule has 0 fully saturated rings. The molecule has 62 valence electrons. The topological polar surface area (TPSA) is 51.2 Å². The Morgan fingerprint density at radius 3 is 1.45 bits per heavy atom. The van der Waals surface area contributed by atoms with Gasteiger partial charge in [0, 0.05) is 6.92 Å². The van der Waals surface area contributed by atoms with Gasteiger partial charge in [-0.15, -0.1) is 0 Å². The average Bonchev–Trinajstić information content (AvgIpc) is 1.81. The summed E-state index contributed by atoms with van der Waals surface area (Å²) >= 11 is 0.778. The molecule has 4 heteroatoms. The Morgan fingerprint density at radius 1 is 1.00 bits per heavy atom. The molecule has 0 aromatic rings. The second-order valence-corrected chi connectivity index (χ2v) is 3.49. The first kappa shape index (κ1) is 10.4. The maximum Gasteiger partial charge on any atom is 0.186 e. The Balaban J connectivity index is 4.23. The van der Waals surface area contributed by atoms with Crippen molar-refractivity contribution in [2.75, 3.05) is 0 Å². The van der Waals surface area contributed by atoms with Crippen LogP contribution in [0.15, 0.2) is 0 Å². The molecular formula is C7H10O3S. The molecule has 0 saturated carbocycles. The first-order valence-corrected chi connectivity index (χ1v) is 4.01. The minimum absolute atomic E-state index is 0.208. The van der Waals surface area contributed by atoms with E-state index in [0.717, 1.165) is 11.8 Å². The zero-order chi connectivity index (χ0) is 9.02. The number of Topliss-reactive ketones (excluding diaryl/α,β-unsaturated/α-hetero) is 2. The van der Waals surface area contributed by atoms with Crippen LogP contribution in [0.5, 0.6) is 0 Å². The third-order valence-corrected chi connectivity index (χ3v) is 2.25. The number of rotatable bonds is 3. The van der Waals surface area contributed by atoms with Crippen molar-refractivity contribution in [2.24, 2.45) is 0 Å². The quantitative estimate of drug-likeness (QED) is 0.594. The predicted molar refractivity (Wildman–Crippen MR) is 43.4 cm³/mol.